The number of benzene rings is 2. The third-order valence-electron chi connectivity index (χ3n) is 3.57. The molecule has 2 aromatic carbocycles. The van der Waals surface area contributed by atoms with Gasteiger partial charge in [-0.25, -0.2) is 0 Å². The number of halogens is 3. The molecule has 0 atom stereocenters. The number of non-ortho nitro benzene ring substituents is 1. The predicted octanol–water partition coefficient (Wildman–Crippen LogP) is 3.51. The minimum Gasteiger partial charge on any atom is -0.496 e. The van der Waals surface area contributed by atoms with Crippen LogP contribution in [0.25, 0.3) is 0 Å². The molecular formula is C17H16F3N3O4. The molecule has 0 aliphatic carbocycles. The Labute approximate surface area is 152 Å². The van der Waals surface area contributed by atoms with Crippen LogP contribution in [0.1, 0.15) is 15.9 Å². The van der Waals surface area contributed by atoms with Crippen LogP contribution in [-0.2, 0) is 6.54 Å². The summed E-state index contributed by atoms with van der Waals surface area (Å²) in [4.78, 5) is 22.4. The van der Waals surface area contributed by atoms with Crippen molar-refractivity contribution in [3.05, 3.63) is 63.7 Å². The van der Waals surface area contributed by atoms with Crippen molar-refractivity contribution < 1.29 is 27.6 Å². The van der Waals surface area contributed by atoms with E-state index in [1.165, 1.54) is 43.5 Å². The fourth-order valence-electron chi connectivity index (χ4n) is 2.32. The van der Waals surface area contributed by atoms with Gasteiger partial charge in [0.2, 0.25) is 0 Å². The number of nitrogens with zero attached hydrogens (tertiary/aromatic N) is 1. The Balaban J connectivity index is 2.18. The van der Waals surface area contributed by atoms with E-state index in [0.29, 0.717) is 11.3 Å². The van der Waals surface area contributed by atoms with Crippen LogP contribution < -0.4 is 15.4 Å². The highest BCUT2D eigenvalue weighted by Gasteiger charge is 2.28. The van der Waals surface area contributed by atoms with E-state index in [-0.39, 0.29) is 23.5 Å². The molecule has 7 nitrogen and oxygen atoms in total. The number of rotatable bonds is 7. The number of hydrogen-bond donors (Lipinski definition) is 2. The lowest BCUT2D eigenvalue weighted by atomic mass is 10.1. The van der Waals surface area contributed by atoms with Crippen molar-refractivity contribution in [2.24, 2.45) is 0 Å². The molecule has 0 aliphatic heterocycles. The van der Waals surface area contributed by atoms with Crippen LogP contribution >= 0.6 is 0 Å². The number of nitro groups is 1. The molecule has 0 unspecified atom stereocenters. The van der Waals surface area contributed by atoms with Gasteiger partial charge < -0.3 is 15.4 Å². The molecule has 0 heterocycles. The van der Waals surface area contributed by atoms with E-state index in [1.807, 2.05) is 0 Å². The van der Waals surface area contributed by atoms with Crippen LogP contribution in [0.3, 0.4) is 0 Å². The van der Waals surface area contributed by atoms with Gasteiger partial charge in [-0.05, 0) is 18.2 Å². The Morgan fingerprint density at radius 1 is 1.22 bits per heavy atom. The SMILES string of the molecule is COc1ccc([N+](=O)[O-])cc1CNc1ccccc1C(=O)NCC(F)(F)F. The Hall–Kier alpha value is -3.30. The third-order valence-corrected chi connectivity index (χ3v) is 3.57. The average molecular weight is 383 g/mol. The summed E-state index contributed by atoms with van der Waals surface area (Å²) in [6, 6.07) is 10.1. The molecule has 0 saturated carbocycles. The van der Waals surface area contributed by atoms with Crippen molar-refractivity contribution in [3.63, 3.8) is 0 Å². The highest BCUT2D eigenvalue weighted by atomic mass is 19.4. The van der Waals surface area contributed by atoms with Gasteiger partial charge in [-0.2, -0.15) is 13.2 Å². The molecule has 10 heteroatoms. The van der Waals surface area contributed by atoms with Crippen LogP contribution in [-0.4, -0.2) is 30.7 Å². The van der Waals surface area contributed by atoms with Crippen LogP contribution in [0.2, 0.25) is 0 Å². The lowest BCUT2D eigenvalue weighted by molar-refractivity contribution is -0.384. The maximum atomic E-state index is 12.3. The largest absolute Gasteiger partial charge is 0.496 e. The summed E-state index contributed by atoms with van der Waals surface area (Å²) in [6.07, 6.45) is -4.52. The topological polar surface area (TPSA) is 93.5 Å². The fraction of sp³-hybridized carbons (Fsp3) is 0.235. The number of para-hydroxylation sites is 1. The van der Waals surface area contributed by atoms with Gasteiger partial charge in [0.1, 0.15) is 12.3 Å². The highest BCUT2D eigenvalue weighted by molar-refractivity contribution is 5.99. The van der Waals surface area contributed by atoms with Gasteiger partial charge in [-0.1, -0.05) is 12.1 Å². The molecule has 0 bridgehead atoms. The van der Waals surface area contributed by atoms with E-state index in [0.717, 1.165) is 0 Å². The summed E-state index contributed by atoms with van der Waals surface area (Å²) in [6.45, 7) is -1.38. The Kier molecular flexibility index (Phi) is 6.22. The normalized spacial score (nSPS) is 11.0. The maximum Gasteiger partial charge on any atom is 0.405 e. The molecular weight excluding hydrogens is 367 g/mol. The van der Waals surface area contributed by atoms with Gasteiger partial charge in [0.25, 0.3) is 11.6 Å². The minimum absolute atomic E-state index is 0.0196. The molecule has 144 valence electrons. The number of anilines is 1. The fourth-order valence-corrected chi connectivity index (χ4v) is 2.32. The molecule has 0 spiro atoms. The zero-order chi connectivity index (χ0) is 20.0. The summed E-state index contributed by atoms with van der Waals surface area (Å²) in [5, 5.41) is 15.6. The molecule has 0 fully saturated rings. The smallest absolute Gasteiger partial charge is 0.405 e. The van der Waals surface area contributed by atoms with Crippen molar-refractivity contribution in [1.82, 2.24) is 5.32 Å². The molecule has 1 amide bonds. The predicted molar refractivity (Wildman–Crippen MR) is 91.8 cm³/mol. The third kappa shape index (κ3) is 5.59. The van der Waals surface area contributed by atoms with Gasteiger partial charge in [0.15, 0.2) is 0 Å². The molecule has 2 rings (SSSR count). The first kappa shape index (κ1) is 20.0. The second-order valence-electron chi connectivity index (χ2n) is 5.45. The Morgan fingerprint density at radius 3 is 2.56 bits per heavy atom. The van der Waals surface area contributed by atoms with Crippen molar-refractivity contribution >= 4 is 17.3 Å². The molecule has 0 aliphatic rings. The molecule has 0 aromatic heterocycles. The van der Waals surface area contributed by atoms with Crippen molar-refractivity contribution in [2.45, 2.75) is 12.7 Å². The van der Waals surface area contributed by atoms with Crippen LogP contribution in [0.4, 0.5) is 24.5 Å². The van der Waals surface area contributed by atoms with Crippen molar-refractivity contribution in [3.8, 4) is 5.75 Å². The Morgan fingerprint density at radius 2 is 1.93 bits per heavy atom. The van der Waals surface area contributed by atoms with E-state index in [4.69, 9.17) is 4.74 Å². The summed E-state index contributed by atoms with van der Waals surface area (Å²) < 4.78 is 42.0. The van der Waals surface area contributed by atoms with Crippen LogP contribution in [0.5, 0.6) is 5.75 Å². The molecule has 0 radical (unpaired) electrons. The average Bonchev–Trinajstić information content (AvgIpc) is 2.63. The first-order valence-corrected chi connectivity index (χ1v) is 7.70. The van der Waals surface area contributed by atoms with E-state index in [9.17, 15) is 28.1 Å². The number of carbonyl (C=O) groups is 1. The number of nitro benzene ring substituents is 1. The van der Waals surface area contributed by atoms with Gasteiger partial charge in [0.05, 0.1) is 17.6 Å². The van der Waals surface area contributed by atoms with Gasteiger partial charge >= 0.3 is 6.18 Å². The number of methoxy groups -OCH3 is 1. The van der Waals surface area contributed by atoms with Crippen molar-refractivity contribution in [2.75, 3.05) is 19.0 Å². The van der Waals surface area contributed by atoms with E-state index >= 15 is 0 Å². The first-order valence-electron chi connectivity index (χ1n) is 7.70. The zero-order valence-corrected chi connectivity index (χ0v) is 14.2. The first-order chi connectivity index (χ1) is 12.7. The second kappa shape index (κ2) is 8.39. The summed E-state index contributed by atoms with van der Waals surface area (Å²) in [5.74, 6) is -0.492. The monoisotopic (exact) mass is 383 g/mol. The molecule has 2 aromatic rings. The lowest BCUT2D eigenvalue weighted by Gasteiger charge is -2.14. The highest BCUT2D eigenvalue weighted by Crippen LogP contribution is 2.25. The molecule has 27 heavy (non-hydrogen) atoms. The van der Waals surface area contributed by atoms with E-state index in [2.05, 4.69) is 5.32 Å². The lowest BCUT2D eigenvalue weighted by Crippen LogP contribution is -2.34. The molecule has 0 saturated heterocycles. The van der Waals surface area contributed by atoms with E-state index in [1.54, 1.807) is 11.4 Å². The van der Waals surface area contributed by atoms with Crippen molar-refractivity contribution in [1.29, 1.82) is 0 Å². The second-order valence-corrected chi connectivity index (χ2v) is 5.45. The van der Waals surface area contributed by atoms with Crippen LogP contribution in [0.15, 0.2) is 42.5 Å². The number of ether oxygens (including phenoxy) is 1. The summed E-state index contributed by atoms with van der Waals surface area (Å²) in [7, 11) is 1.41. The quantitative estimate of drug-likeness (QED) is 0.564. The number of nitrogens with one attached hydrogen (secondary N) is 2. The zero-order valence-electron chi connectivity index (χ0n) is 14.2. The number of amides is 1. The Bertz CT molecular complexity index is 840. The maximum absolute atomic E-state index is 12.3. The van der Waals surface area contributed by atoms with Gasteiger partial charge in [-0.15, -0.1) is 0 Å². The minimum atomic E-state index is -4.52. The standard InChI is InChI=1S/C17H16F3N3O4/c1-27-15-7-6-12(23(25)26)8-11(15)9-21-14-5-3-2-4-13(14)16(24)22-10-17(18,19)20/h2-8,21H,9-10H2,1H3,(H,22,24). The molecule has 2 N–H and O–H groups in total. The number of alkyl halides is 3. The number of hydrogen-bond acceptors (Lipinski definition) is 5. The van der Waals surface area contributed by atoms with Gasteiger partial charge in [0, 0.05) is 29.9 Å². The van der Waals surface area contributed by atoms with Gasteiger partial charge in [-0.3, -0.25) is 14.9 Å². The van der Waals surface area contributed by atoms with E-state index < -0.39 is 23.6 Å². The summed E-state index contributed by atoms with van der Waals surface area (Å²) >= 11 is 0. The number of carbonyl (C=O) groups excluding carboxylic acids is 1. The summed E-state index contributed by atoms with van der Waals surface area (Å²) in [5.41, 5.74) is 0.623. The van der Waals surface area contributed by atoms with Crippen LogP contribution in [0, 0.1) is 10.1 Å².